The third kappa shape index (κ3) is 7.19. The number of aryl methyl sites for hydroxylation is 2. The Morgan fingerprint density at radius 3 is 2.40 bits per heavy atom. The van der Waals surface area contributed by atoms with Gasteiger partial charge in [0.1, 0.15) is 0 Å². The molecule has 35 heavy (non-hydrogen) atoms. The molecule has 6 nitrogen and oxygen atoms in total. The highest BCUT2D eigenvalue weighted by Gasteiger charge is 2.24. The van der Waals surface area contributed by atoms with E-state index in [0.29, 0.717) is 5.56 Å². The number of thioether (sulfide) groups is 1. The first kappa shape index (κ1) is 25.0. The van der Waals surface area contributed by atoms with Crippen LogP contribution in [0.3, 0.4) is 0 Å². The number of hydrogen-bond donors (Lipinski definition) is 2. The second-order valence-electron chi connectivity index (χ2n) is 8.49. The number of amidine groups is 1. The number of nitrogens with zero attached hydrogens (tertiary/aromatic N) is 1. The van der Waals surface area contributed by atoms with Gasteiger partial charge in [-0.3, -0.25) is 9.79 Å². The van der Waals surface area contributed by atoms with Gasteiger partial charge in [-0.25, -0.2) is 8.42 Å². The molecular formula is C27H28N2O4S2. The Morgan fingerprint density at radius 1 is 0.971 bits per heavy atom. The van der Waals surface area contributed by atoms with Crippen LogP contribution in [0, 0.1) is 0 Å². The zero-order valence-electron chi connectivity index (χ0n) is 19.3. The normalized spacial score (nSPS) is 14.3. The number of rotatable bonds is 10. The highest BCUT2D eigenvalue weighted by atomic mass is 32.2. The van der Waals surface area contributed by atoms with Crippen molar-refractivity contribution in [3.63, 3.8) is 0 Å². The highest BCUT2D eigenvalue weighted by Crippen LogP contribution is 2.25. The summed E-state index contributed by atoms with van der Waals surface area (Å²) >= 11 is 1.72. The van der Waals surface area contributed by atoms with Crippen LogP contribution >= 0.6 is 11.8 Å². The highest BCUT2D eigenvalue weighted by molar-refractivity contribution is 8.14. The fourth-order valence-corrected chi connectivity index (χ4v) is 6.39. The van der Waals surface area contributed by atoms with Crippen LogP contribution in [0.4, 0.5) is 5.69 Å². The summed E-state index contributed by atoms with van der Waals surface area (Å²) in [6, 6.07) is 24.1. The van der Waals surface area contributed by atoms with Gasteiger partial charge in [-0.05, 0) is 53.8 Å². The molecule has 1 atom stereocenters. The molecule has 3 aromatic rings. The van der Waals surface area contributed by atoms with Crippen molar-refractivity contribution in [2.24, 2.45) is 4.99 Å². The van der Waals surface area contributed by atoms with E-state index in [2.05, 4.69) is 22.4 Å². The number of aliphatic carboxylic acids is 1. The molecule has 0 fully saturated rings. The van der Waals surface area contributed by atoms with Crippen molar-refractivity contribution in [1.82, 2.24) is 0 Å². The molecule has 0 spiro atoms. The van der Waals surface area contributed by atoms with Crippen LogP contribution in [-0.4, -0.2) is 42.7 Å². The van der Waals surface area contributed by atoms with E-state index in [-0.39, 0.29) is 17.1 Å². The lowest BCUT2D eigenvalue weighted by atomic mass is 9.98. The Hall–Kier alpha value is -3.10. The van der Waals surface area contributed by atoms with Crippen LogP contribution in [-0.2, 0) is 27.5 Å². The van der Waals surface area contributed by atoms with E-state index in [1.54, 1.807) is 48.2 Å². The van der Waals surface area contributed by atoms with Crippen LogP contribution < -0.4 is 5.32 Å². The number of carboxylic acids is 1. The zero-order valence-corrected chi connectivity index (χ0v) is 20.9. The average Bonchev–Trinajstić information content (AvgIpc) is 3.36. The Balaban J connectivity index is 1.39. The molecule has 0 saturated heterocycles. The Bertz CT molecular complexity index is 1290. The number of carboxylic acid groups (broad SMARTS) is 1. The van der Waals surface area contributed by atoms with Gasteiger partial charge in [0.05, 0.1) is 23.6 Å². The summed E-state index contributed by atoms with van der Waals surface area (Å²) in [5.41, 5.74) is 3.97. The smallest absolute Gasteiger partial charge is 0.303 e. The predicted octanol–water partition coefficient (Wildman–Crippen LogP) is 5.02. The minimum absolute atomic E-state index is 0.216. The summed E-state index contributed by atoms with van der Waals surface area (Å²) in [6.45, 7) is 0.852. The molecule has 0 radical (unpaired) electrons. The van der Waals surface area contributed by atoms with Crippen molar-refractivity contribution < 1.29 is 18.3 Å². The minimum atomic E-state index is -3.64. The maximum Gasteiger partial charge on any atom is 0.303 e. The van der Waals surface area contributed by atoms with Gasteiger partial charge in [-0.2, -0.15) is 0 Å². The van der Waals surface area contributed by atoms with Gasteiger partial charge in [0.15, 0.2) is 15.0 Å². The van der Waals surface area contributed by atoms with Gasteiger partial charge >= 0.3 is 5.97 Å². The molecule has 8 heteroatoms. The lowest BCUT2D eigenvalue weighted by Crippen LogP contribution is -2.18. The fourth-order valence-electron chi connectivity index (χ4n) is 4.06. The van der Waals surface area contributed by atoms with Gasteiger partial charge in [-0.1, -0.05) is 66.4 Å². The first-order chi connectivity index (χ1) is 16.9. The summed E-state index contributed by atoms with van der Waals surface area (Å²) in [5.74, 6) is -0.849. The molecular weight excluding hydrogens is 480 g/mol. The lowest BCUT2D eigenvalue weighted by molar-refractivity contribution is -0.137. The van der Waals surface area contributed by atoms with Crippen LogP contribution in [0.25, 0.3) is 0 Å². The molecule has 4 rings (SSSR count). The number of anilines is 1. The standard InChI is InChI=1S/C27H28N2O4S2/c30-26(31)18-23(22-6-2-1-3-7-22)19-35(32,33)25-13-11-20(12-14-25)9-10-21-5-4-8-24(17-21)29-27-28-15-16-34-27/h1-8,11-14,17,23H,9-10,15-16,18-19H2,(H,28,29)(H,30,31). The van der Waals surface area contributed by atoms with Crippen molar-refractivity contribution in [3.8, 4) is 0 Å². The SMILES string of the molecule is O=C(O)CC(CS(=O)(=O)c1ccc(CCc2cccc(NC3=NCCS3)c2)cc1)c1ccccc1. The minimum Gasteiger partial charge on any atom is -0.481 e. The maximum atomic E-state index is 13.1. The third-order valence-electron chi connectivity index (χ3n) is 5.86. The molecule has 0 aliphatic carbocycles. The van der Waals surface area contributed by atoms with Crippen LogP contribution in [0.1, 0.15) is 29.0 Å². The predicted molar refractivity (Wildman–Crippen MR) is 142 cm³/mol. The first-order valence-corrected chi connectivity index (χ1v) is 14.1. The van der Waals surface area contributed by atoms with E-state index < -0.39 is 21.7 Å². The van der Waals surface area contributed by atoms with E-state index in [1.807, 2.05) is 30.3 Å². The van der Waals surface area contributed by atoms with E-state index >= 15 is 0 Å². The number of benzene rings is 3. The largest absolute Gasteiger partial charge is 0.481 e. The zero-order chi connectivity index (χ0) is 24.7. The maximum absolute atomic E-state index is 13.1. The molecule has 1 unspecified atom stereocenters. The van der Waals surface area contributed by atoms with Crippen LogP contribution in [0.5, 0.6) is 0 Å². The van der Waals surface area contributed by atoms with Crippen LogP contribution in [0.2, 0.25) is 0 Å². The Kier molecular flexibility index (Phi) is 8.25. The second kappa shape index (κ2) is 11.6. The molecule has 0 bridgehead atoms. The van der Waals surface area contributed by atoms with Crippen molar-refractivity contribution in [2.75, 3.05) is 23.4 Å². The topological polar surface area (TPSA) is 95.8 Å². The van der Waals surface area contributed by atoms with E-state index in [4.69, 9.17) is 0 Å². The summed E-state index contributed by atoms with van der Waals surface area (Å²) < 4.78 is 26.1. The Morgan fingerprint density at radius 2 is 1.71 bits per heavy atom. The molecule has 1 aliphatic rings. The quantitative estimate of drug-likeness (QED) is 0.399. The van der Waals surface area contributed by atoms with Gasteiger partial charge in [0.2, 0.25) is 0 Å². The molecule has 3 aromatic carbocycles. The average molecular weight is 509 g/mol. The Labute approximate surface area is 210 Å². The molecule has 0 aromatic heterocycles. The van der Waals surface area contributed by atoms with Gasteiger partial charge in [0, 0.05) is 17.4 Å². The van der Waals surface area contributed by atoms with Gasteiger partial charge < -0.3 is 10.4 Å². The van der Waals surface area contributed by atoms with Crippen molar-refractivity contribution >= 4 is 38.4 Å². The second-order valence-corrected chi connectivity index (χ2v) is 11.6. The molecule has 0 saturated carbocycles. The molecule has 182 valence electrons. The lowest BCUT2D eigenvalue weighted by Gasteiger charge is -2.16. The fraction of sp³-hybridized carbons (Fsp3) is 0.259. The number of nitrogens with one attached hydrogen (secondary N) is 1. The van der Waals surface area contributed by atoms with E-state index in [1.165, 1.54) is 5.56 Å². The number of sulfone groups is 1. The summed E-state index contributed by atoms with van der Waals surface area (Å²) in [4.78, 5) is 16.0. The van der Waals surface area contributed by atoms with Crippen molar-refractivity contribution in [3.05, 3.63) is 95.6 Å². The number of carbonyl (C=O) groups is 1. The molecule has 0 amide bonds. The summed E-state index contributed by atoms with van der Waals surface area (Å²) in [6.07, 6.45) is 1.38. The molecule has 1 heterocycles. The monoisotopic (exact) mass is 508 g/mol. The van der Waals surface area contributed by atoms with Crippen molar-refractivity contribution in [2.45, 2.75) is 30.1 Å². The summed E-state index contributed by atoms with van der Waals surface area (Å²) in [5, 5.41) is 13.6. The first-order valence-electron chi connectivity index (χ1n) is 11.5. The third-order valence-corrected chi connectivity index (χ3v) is 8.58. The van der Waals surface area contributed by atoms with Crippen LogP contribution in [0.15, 0.2) is 88.8 Å². The molecule has 2 N–H and O–H groups in total. The molecule has 1 aliphatic heterocycles. The van der Waals surface area contributed by atoms with Crippen molar-refractivity contribution in [1.29, 1.82) is 0 Å². The van der Waals surface area contributed by atoms with E-state index in [9.17, 15) is 18.3 Å². The van der Waals surface area contributed by atoms with Gasteiger partial charge in [0.25, 0.3) is 0 Å². The van der Waals surface area contributed by atoms with Gasteiger partial charge in [-0.15, -0.1) is 0 Å². The summed E-state index contributed by atoms with van der Waals surface area (Å²) in [7, 11) is -3.64. The number of aliphatic imine (C=N–C) groups is 1. The number of hydrogen-bond acceptors (Lipinski definition) is 6. The van der Waals surface area contributed by atoms with E-state index in [0.717, 1.165) is 41.6 Å².